The van der Waals surface area contributed by atoms with Gasteiger partial charge in [-0.15, -0.1) is 0 Å². The number of carbonyl (C=O) groups is 1. The number of fused-ring (bicyclic) bond motifs is 1. The summed E-state index contributed by atoms with van der Waals surface area (Å²) in [5, 5.41) is 0.655. The topological polar surface area (TPSA) is 52.8 Å². The average molecular weight is 419 g/mol. The highest BCUT2D eigenvalue weighted by Crippen LogP contribution is 2.22. The summed E-state index contributed by atoms with van der Waals surface area (Å²) in [6.07, 6.45) is 2.04. The van der Waals surface area contributed by atoms with E-state index < -0.39 is 0 Å². The van der Waals surface area contributed by atoms with Gasteiger partial charge in [0.1, 0.15) is 5.75 Å². The lowest BCUT2D eigenvalue weighted by molar-refractivity contribution is 0.0997. The molecule has 1 aromatic heterocycles. The maximum atomic E-state index is 12.8. The molecule has 0 fully saturated rings. The highest BCUT2D eigenvalue weighted by molar-refractivity contribution is 7.16. The molecule has 0 aliphatic heterocycles. The Bertz CT molecular complexity index is 1030. The largest absolute Gasteiger partial charge is 0.494 e. The van der Waals surface area contributed by atoms with Crippen LogP contribution in [0.15, 0.2) is 47.5 Å². The van der Waals surface area contributed by atoms with Crippen molar-refractivity contribution in [1.82, 2.24) is 4.57 Å². The van der Waals surface area contributed by atoms with Crippen molar-refractivity contribution in [3.8, 4) is 5.75 Å². The van der Waals surface area contributed by atoms with E-state index in [0.717, 1.165) is 23.1 Å². The number of hydrogen-bond donors (Lipinski definition) is 0. The van der Waals surface area contributed by atoms with E-state index in [2.05, 4.69) is 11.9 Å². The standard InChI is InChI=1S/C21H23ClN2O3S/c1-3-4-11-27-17-7-5-6-15(13-17)20(25)23-21-24(10-12-26-2)18-9-8-16(22)14-19(18)28-21/h5-9,13-14H,3-4,10-12H2,1-2H3. The van der Waals surface area contributed by atoms with Crippen LogP contribution >= 0.6 is 22.9 Å². The summed E-state index contributed by atoms with van der Waals surface area (Å²) in [6, 6.07) is 12.8. The lowest BCUT2D eigenvalue weighted by atomic mass is 10.2. The quantitative estimate of drug-likeness (QED) is 0.488. The van der Waals surface area contributed by atoms with E-state index in [0.29, 0.717) is 40.9 Å². The Balaban J connectivity index is 1.94. The van der Waals surface area contributed by atoms with Crippen molar-refractivity contribution >= 4 is 39.1 Å². The number of methoxy groups -OCH3 is 1. The maximum Gasteiger partial charge on any atom is 0.279 e. The van der Waals surface area contributed by atoms with E-state index in [1.165, 1.54) is 11.3 Å². The zero-order valence-electron chi connectivity index (χ0n) is 16.0. The molecule has 1 amide bonds. The predicted molar refractivity (Wildman–Crippen MR) is 113 cm³/mol. The number of aromatic nitrogens is 1. The third kappa shape index (κ3) is 5.01. The van der Waals surface area contributed by atoms with Crippen molar-refractivity contribution in [3.63, 3.8) is 0 Å². The first-order valence-corrected chi connectivity index (χ1v) is 10.4. The Kier molecular flexibility index (Phi) is 7.25. The molecule has 0 atom stereocenters. The SMILES string of the molecule is CCCCOc1cccc(C(=O)N=c2sc3cc(Cl)ccc3n2CCOC)c1. The van der Waals surface area contributed by atoms with E-state index >= 15 is 0 Å². The lowest BCUT2D eigenvalue weighted by Crippen LogP contribution is -2.19. The number of amides is 1. The zero-order valence-corrected chi connectivity index (χ0v) is 17.6. The van der Waals surface area contributed by atoms with Gasteiger partial charge in [-0.2, -0.15) is 4.99 Å². The molecule has 28 heavy (non-hydrogen) atoms. The molecule has 0 bridgehead atoms. The van der Waals surface area contributed by atoms with Crippen LogP contribution in [0.3, 0.4) is 0 Å². The Morgan fingerprint density at radius 3 is 2.86 bits per heavy atom. The molecular weight excluding hydrogens is 396 g/mol. The van der Waals surface area contributed by atoms with E-state index in [4.69, 9.17) is 21.1 Å². The number of halogens is 1. The van der Waals surface area contributed by atoms with E-state index in [-0.39, 0.29) is 5.91 Å². The van der Waals surface area contributed by atoms with Gasteiger partial charge in [0, 0.05) is 24.2 Å². The van der Waals surface area contributed by atoms with Crippen LogP contribution in [0.25, 0.3) is 10.2 Å². The molecule has 0 saturated carbocycles. The van der Waals surface area contributed by atoms with Crippen LogP contribution in [0.1, 0.15) is 30.1 Å². The minimum absolute atomic E-state index is 0.301. The summed E-state index contributed by atoms with van der Waals surface area (Å²) in [5.41, 5.74) is 1.48. The van der Waals surface area contributed by atoms with Gasteiger partial charge in [-0.3, -0.25) is 4.79 Å². The van der Waals surface area contributed by atoms with Gasteiger partial charge in [0.25, 0.3) is 5.91 Å². The fourth-order valence-corrected chi connectivity index (χ4v) is 4.07. The van der Waals surface area contributed by atoms with Gasteiger partial charge in [-0.1, -0.05) is 42.3 Å². The molecule has 0 unspecified atom stereocenters. The van der Waals surface area contributed by atoms with Crippen LogP contribution in [0.5, 0.6) is 5.75 Å². The number of thiazole rings is 1. The van der Waals surface area contributed by atoms with E-state index in [9.17, 15) is 4.79 Å². The molecule has 3 rings (SSSR count). The highest BCUT2D eigenvalue weighted by atomic mass is 35.5. The Morgan fingerprint density at radius 2 is 2.07 bits per heavy atom. The summed E-state index contributed by atoms with van der Waals surface area (Å²) >= 11 is 7.55. The van der Waals surface area contributed by atoms with Gasteiger partial charge in [0.2, 0.25) is 0 Å². The Labute approximate surface area is 173 Å². The summed E-state index contributed by atoms with van der Waals surface area (Å²) < 4.78 is 13.9. The molecule has 1 heterocycles. The molecule has 0 N–H and O–H groups in total. The molecule has 148 valence electrons. The third-order valence-corrected chi connectivity index (χ3v) is 5.48. The van der Waals surface area contributed by atoms with Crippen LogP contribution in [-0.4, -0.2) is 30.8 Å². The smallest absolute Gasteiger partial charge is 0.279 e. The van der Waals surface area contributed by atoms with Crippen molar-refractivity contribution in [3.05, 3.63) is 57.9 Å². The van der Waals surface area contributed by atoms with Crippen LogP contribution in [0.4, 0.5) is 0 Å². The second-order valence-electron chi connectivity index (χ2n) is 6.29. The average Bonchev–Trinajstić information content (AvgIpc) is 3.02. The maximum absolute atomic E-state index is 12.8. The number of benzene rings is 2. The fourth-order valence-electron chi connectivity index (χ4n) is 2.74. The molecule has 0 saturated heterocycles. The molecule has 0 spiro atoms. The second-order valence-corrected chi connectivity index (χ2v) is 7.73. The number of ether oxygens (including phenoxy) is 2. The molecule has 2 aromatic carbocycles. The van der Waals surface area contributed by atoms with Gasteiger partial charge in [-0.05, 0) is 42.8 Å². The van der Waals surface area contributed by atoms with Crippen LogP contribution in [0.2, 0.25) is 5.02 Å². The zero-order chi connectivity index (χ0) is 19.9. The number of unbranched alkanes of at least 4 members (excludes halogenated alkanes) is 1. The van der Waals surface area contributed by atoms with Crippen molar-refractivity contribution in [1.29, 1.82) is 0 Å². The van der Waals surface area contributed by atoms with E-state index in [1.54, 1.807) is 19.2 Å². The monoisotopic (exact) mass is 418 g/mol. The number of nitrogens with zero attached hydrogens (tertiary/aromatic N) is 2. The van der Waals surface area contributed by atoms with Crippen molar-refractivity contribution < 1.29 is 14.3 Å². The fraction of sp³-hybridized carbons (Fsp3) is 0.333. The molecular formula is C21H23ClN2O3S. The van der Waals surface area contributed by atoms with Gasteiger partial charge in [0.15, 0.2) is 4.80 Å². The number of hydrogen-bond acceptors (Lipinski definition) is 4. The van der Waals surface area contributed by atoms with Crippen LogP contribution < -0.4 is 9.54 Å². The lowest BCUT2D eigenvalue weighted by Gasteiger charge is -2.06. The van der Waals surface area contributed by atoms with Crippen molar-refractivity contribution in [2.45, 2.75) is 26.3 Å². The van der Waals surface area contributed by atoms with E-state index in [1.807, 2.05) is 34.9 Å². The van der Waals surface area contributed by atoms with Crippen molar-refractivity contribution in [2.75, 3.05) is 20.3 Å². The summed E-state index contributed by atoms with van der Waals surface area (Å²) in [5.74, 6) is 0.384. The summed E-state index contributed by atoms with van der Waals surface area (Å²) in [6.45, 7) is 3.87. The number of rotatable bonds is 8. The summed E-state index contributed by atoms with van der Waals surface area (Å²) in [4.78, 5) is 17.8. The first-order valence-electron chi connectivity index (χ1n) is 9.22. The molecule has 5 nitrogen and oxygen atoms in total. The molecule has 0 radical (unpaired) electrons. The first kappa shape index (κ1) is 20.6. The van der Waals surface area contributed by atoms with Gasteiger partial charge in [0.05, 0.1) is 23.4 Å². The normalized spacial score (nSPS) is 11.9. The highest BCUT2D eigenvalue weighted by Gasteiger charge is 2.10. The molecule has 0 aliphatic rings. The van der Waals surface area contributed by atoms with Crippen LogP contribution in [0, 0.1) is 0 Å². The minimum atomic E-state index is -0.301. The first-order chi connectivity index (χ1) is 13.6. The van der Waals surface area contributed by atoms with Crippen molar-refractivity contribution in [2.24, 2.45) is 4.99 Å². The van der Waals surface area contributed by atoms with Gasteiger partial charge < -0.3 is 14.0 Å². The molecule has 0 aliphatic carbocycles. The van der Waals surface area contributed by atoms with Gasteiger partial charge >= 0.3 is 0 Å². The third-order valence-electron chi connectivity index (χ3n) is 4.21. The molecule has 3 aromatic rings. The predicted octanol–water partition coefficient (Wildman–Crippen LogP) is 4.92. The summed E-state index contributed by atoms with van der Waals surface area (Å²) in [7, 11) is 1.65. The second kappa shape index (κ2) is 9.87. The Morgan fingerprint density at radius 1 is 1.21 bits per heavy atom. The van der Waals surface area contributed by atoms with Crippen LogP contribution in [-0.2, 0) is 11.3 Å². The minimum Gasteiger partial charge on any atom is -0.494 e. The number of carbonyl (C=O) groups excluding carboxylic acids is 1. The Hall–Kier alpha value is -2.15. The van der Waals surface area contributed by atoms with Gasteiger partial charge in [-0.25, -0.2) is 0 Å². The molecule has 7 heteroatoms.